The van der Waals surface area contributed by atoms with Gasteiger partial charge in [0.25, 0.3) is 0 Å². The Morgan fingerprint density at radius 1 is 1.06 bits per heavy atom. The van der Waals surface area contributed by atoms with Crippen LogP contribution in [0.3, 0.4) is 0 Å². The van der Waals surface area contributed by atoms with E-state index in [2.05, 4.69) is 74.9 Å². The molecule has 16 heavy (non-hydrogen) atoms. The number of allylic oxidation sites excluding steroid dienone is 2. The maximum Gasteiger partial charge on any atom is 0.223 e. The molecular weight excluding hydrogens is 193 g/mol. The Balaban J connectivity index is 2.85. The van der Waals surface area contributed by atoms with Crippen molar-refractivity contribution in [3.63, 3.8) is 0 Å². The fourth-order valence-electron chi connectivity index (χ4n) is 2.14. The molecule has 0 N–H and O–H groups in total. The van der Waals surface area contributed by atoms with Gasteiger partial charge in [0.2, 0.25) is 7.98 Å². The van der Waals surface area contributed by atoms with Crippen molar-refractivity contribution in [3.8, 4) is 0 Å². The van der Waals surface area contributed by atoms with Crippen LogP contribution in [0.4, 0.5) is 0 Å². The van der Waals surface area contributed by atoms with Gasteiger partial charge in [-0.1, -0.05) is 36.4 Å². The summed E-state index contributed by atoms with van der Waals surface area (Å²) in [7, 11) is 2.12. The van der Waals surface area contributed by atoms with Gasteiger partial charge in [-0.25, -0.2) is 0 Å². The first-order valence-electron chi connectivity index (χ1n) is 5.62. The van der Waals surface area contributed by atoms with Gasteiger partial charge in [0.05, 0.1) is 0 Å². The van der Waals surface area contributed by atoms with E-state index in [0.717, 1.165) is 0 Å². The van der Waals surface area contributed by atoms with Gasteiger partial charge in [-0.2, -0.15) is 0 Å². The number of nitrogens with zero attached hydrogens (tertiary/aromatic N) is 1. The fourth-order valence-corrected chi connectivity index (χ4v) is 2.14. The van der Waals surface area contributed by atoms with Crippen LogP contribution in [0.2, 0.25) is 0 Å². The summed E-state index contributed by atoms with van der Waals surface area (Å²) in [5, 5.41) is 1.32. The van der Waals surface area contributed by atoms with E-state index in [4.69, 9.17) is 0 Å². The number of benzene rings is 1. The topological polar surface area (TPSA) is 4.93 Å². The molecule has 0 radical (unpaired) electrons. The third kappa shape index (κ3) is 1.60. The summed E-state index contributed by atoms with van der Waals surface area (Å²) in [5.74, 6) is 0. The van der Waals surface area contributed by atoms with Gasteiger partial charge in [0, 0.05) is 22.2 Å². The minimum absolute atomic E-state index is 1.27. The molecule has 0 unspecified atom stereocenters. The van der Waals surface area contributed by atoms with E-state index in [-0.39, 0.29) is 0 Å². The van der Waals surface area contributed by atoms with Gasteiger partial charge in [-0.3, -0.25) is 0 Å². The Morgan fingerprint density at radius 3 is 2.44 bits per heavy atom. The normalized spacial score (nSPS) is 12.1. The predicted molar refractivity (Wildman–Crippen MR) is 75.3 cm³/mol. The van der Waals surface area contributed by atoms with Gasteiger partial charge in [-0.05, 0) is 26.0 Å². The van der Waals surface area contributed by atoms with E-state index in [1.54, 1.807) is 0 Å². The lowest BCUT2D eigenvalue weighted by Gasteiger charge is -1.99. The highest BCUT2D eigenvalue weighted by atomic mass is 14.9. The van der Waals surface area contributed by atoms with Crippen LogP contribution in [0, 0.1) is 0 Å². The summed E-state index contributed by atoms with van der Waals surface area (Å²) >= 11 is 0. The van der Waals surface area contributed by atoms with Crippen LogP contribution in [0.1, 0.15) is 25.1 Å². The van der Waals surface area contributed by atoms with E-state index >= 15 is 0 Å². The molecular formula is C14H16BN. The summed E-state index contributed by atoms with van der Waals surface area (Å²) in [6, 6.07) is 8.52. The van der Waals surface area contributed by atoms with Gasteiger partial charge in [0.15, 0.2) is 0 Å². The van der Waals surface area contributed by atoms with Crippen molar-refractivity contribution in [3.05, 3.63) is 47.7 Å². The van der Waals surface area contributed by atoms with E-state index in [9.17, 15) is 0 Å². The second-order valence-corrected chi connectivity index (χ2v) is 3.88. The quantitative estimate of drug-likeness (QED) is 0.669. The first-order valence-corrected chi connectivity index (χ1v) is 5.62. The van der Waals surface area contributed by atoms with Crippen molar-refractivity contribution in [2.24, 2.45) is 0 Å². The van der Waals surface area contributed by atoms with Crippen molar-refractivity contribution < 1.29 is 0 Å². The van der Waals surface area contributed by atoms with Crippen LogP contribution in [-0.4, -0.2) is 12.5 Å². The zero-order chi connectivity index (χ0) is 11.5. The van der Waals surface area contributed by atoms with Crippen molar-refractivity contribution in [2.45, 2.75) is 13.8 Å². The molecule has 1 aromatic heterocycles. The maximum absolute atomic E-state index is 2.24. The highest BCUT2D eigenvalue weighted by Gasteiger charge is 2.08. The van der Waals surface area contributed by atoms with Crippen LogP contribution in [0.15, 0.2) is 36.4 Å². The number of rotatable bonds is 2. The van der Waals surface area contributed by atoms with Crippen molar-refractivity contribution in [1.29, 1.82) is 0 Å². The molecule has 2 aromatic rings. The predicted octanol–water partition coefficient (Wildman–Crippen LogP) is 3.10. The Labute approximate surface area is 97.5 Å². The third-order valence-corrected chi connectivity index (χ3v) is 2.85. The molecule has 0 aliphatic rings. The molecule has 1 aromatic carbocycles. The second kappa shape index (κ2) is 4.44. The van der Waals surface area contributed by atoms with Crippen LogP contribution < -0.4 is 0 Å². The molecule has 0 saturated carbocycles. The van der Waals surface area contributed by atoms with E-state index in [0.29, 0.717) is 0 Å². The zero-order valence-electron chi connectivity index (χ0n) is 10.1. The van der Waals surface area contributed by atoms with E-state index in [1.165, 1.54) is 22.2 Å². The fraction of sp³-hybridized carbons (Fsp3) is 0.143. The second-order valence-electron chi connectivity index (χ2n) is 3.88. The van der Waals surface area contributed by atoms with Gasteiger partial charge in [0.1, 0.15) is 0 Å². The average Bonchev–Trinajstić information content (AvgIpc) is 2.57. The minimum Gasteiger partial charge on any atom is -0.393 e. The highest BCUT2D eigenvalue weighted by molar-refractivity contribution is 6.15. The Hall–Kier alpha value is -1.70. The Morgan fingerprint density at radius 2 is 1.75 bits per heavy atom. The highest BCUT2D eigenvalue weighted by Crippen LogP contribution is 2.27. The van der Waals surface area contributed by atoms with Crippen LogP contribution in [0.5, 0.6) is 0 Å². The minimum atomic E-state index is 1.27. The van der Waals surface area contributed by atoms with Crippen molar-refractivity contribution in [2.75, 3.05) is 0 Å². The van der Waals surface area contributed by atoms with Gasteiger partial charge >= 0.3 is 0 Å². The number of hydrogen-bond donors (Lipinski definition) is 0. The Bertz CT molecular complexity index is 561. The van der Waals surface area contributed by atoms with Crippen molar-refractivity contribution in [1.82, 2.24) is 4.48 Å². The molecule has 2 heteroatoms. The first kappa shape index (κ1) is 10.8. The van der Waals surface area contributed by atoms with Crippen LogP contribution in [0.25, 0.3) is 23.1 Å². The van der Waals surface area contributed by atoms with Gasteiger partial charge in [-0.15, -0.1) is 0 Å². The van der Waals surface area contributed by atoms with E-state index in [1.807, 2.05) is 0 Å². The van der Waals surface area contributed by atoms with Crippen LogP contribution in [-0.2, 0) is 0 Å². The lowest BCUT2D eigenvalue weighted by molar-refractivity contribution is 1.28. The molecule has 0 aliphatic carbocycles. The standard InChI is InChI=1S/C14H16BN/c1-3-7-11-12-9-5-6-10-14(12)16(15)13(11)8-4-2/h3-10H,15H2,1-2H3/b7-3-,8-4-. The average molecular weight is 209 g/mol. The zero-order valence-corrected chi connectivity index (χ0v) is 10.1. The molecule has 2 rings (SSSR count). The Kier molecular flexibility index (Phi) is 3.00. The summed E-state index contributed by atoms with van der Waals surface area (Å²) < 4.78 is 2.24. The molecule has 0 bridgehead atoms. The van der Waals surface area contributed by atoms with Crippen LogP contribution >= 0.6 is 0 Å². The lowest BCUT2D eigenvalue weighted by Crippen LogP contribution is -1.93. The molecule has 80 valence electrons. The first-order chi connectivity index (χ1) is 7.79. The monoisotopic (exact) mass is 209 g/mol. The van der Waals surface area contributed by atoms with E-state index < -0.39 is 0 Å². The molecule has 1 heterocycles. The molecule has 0 fully saturated rings. The van der Waals surface area contributed by atoms with Crippen molar-refractivity contribution >= 4 is 31.0 Å². The smallest absolute Gasteiger partial charge is 0.223 e. The molecule has 0 amide bonds. The number of fused-ring (bicyclic) bond motifs is 1. The number of para-hydroxylation sites is 1. The summed E-state index contributed by atoms with van der Waals surface area (Å²) in [6.07, 6.45) is 8.52. The SMILES string of the molecule is Bn1c(/C=C\C)c(/C=C\C)c2ccccc21. The maximum atomic E-state index is 2.24. The molecule has 0 atom stereocenters. The molecule has 1 nitrogen and oxygen atoms in total. The lowest BCUT2D eigenvalue weighted by atomic mass is 10.1. The third-order valence-electron chi connectivity index (χ3n) is 2.85. The summed E-state index contributed by atoms with van der Waals surface area (Å²) in [6.45, 7) is 4.11. The summed E-state index contributed by atoms with van der Waals surface area (Å²) in [4.78, 5) is 0. The van der Waals surface area contributed by atoms with Gasteiger partial charge < -0.3 is 4.48 Å². The molecule has 0 saturated heterocycles. The molecule has 0 spiro atoms. The number of hydrogen-bond acceptors (Lipinski definition) is 0. The number of aromatic nitrogens is 1. The molecule has 0 aliphatic heterocycles. The largest absolute Gasteiger partial charge is 0.393 e. The summed E-state index contributed by atoms with van der Waals surface area (Å²) in [5.41, 5.74) is 3.85.